The molecule has 16 nitrogen and oxygen atoms in total. The molecule has 334 valence electrons. The molecule has 0 amide bonds. The SMILES string of the molecule is CC[C@@H]([C@H](C)O)n1ncn(-c2ccc(N3CCN(c4ccc(OC[C@@H]5CO[C@@](Cn6c[n+](C(C)OC(=O)SC[C-]=O)cn6)(c6ccc(F)cc6F)C5)cc4)CC3)cc2)c1=O.[Cl-].[Na+].[OH-]. The maximum atomic E-state index is 15.3. The first kappa shape index (κ1) is 51.3. The molecular formula is C42H49ClF2N8NaO8S-. The van der Waals surface area contributed by atoms with Crippen LogP contribution < -0.4 is 66.8 Å². The summed E-state index contributed by atoms with van der Waals surface area (Å²) in [5.41, 5.74) is 1.58. The molecule has 63 heavy (non-hydrogen) atoms. The van der Waals surface area contributed by atoms with Crippen molar-refractivity contribution in [3.05, 3.63) is 113 Å². The minimum Gasteiger partial charge on any atom is -1.00 e. The third-order valence-electron chi connectivity index (χ3n) is 11.0. The molecule has 0 aliphatic carbocycles. The van der Waals surface area contributed by atoms with Crippen molar-refractivity contribution < 1.29 is 89.7 Å². The Labute approximate surface area is 396 Å². The number of ether oxygens (including phenoxy) is 3. The van der Waals surface area contributed by atoms with Crippen molar-refractivity contribution in [2.24, 2.45) is 5.92 Å². The predicted octanol–water partition coefficient (Wildman–Crippen LogP) is -1.21. The van der Waals surface area contributed by atoms with Crippen molar-refractivity contribution in [1.29, 1.82) is 0 Å². The van der Waals surface area contributed by atoms with E-state index < -0.39 is 34.9 Å². The summed E-state index contributed by atoms with van der Waals surface area (Å²) < 4.78 is 53.2. The molecule has 0 bridgehead atoms. The zero-order valence-electron chi connectivity index (χ0n) is 35.4. The molecule has 2 aliphatic heterocycles. The Morgan fingerprint density at radius 3 is 2.25 bits per heavy atom. The summed E-state index contributed by atoms with van der Waals surface area (Å²) in [5, 5.41) is 18.1. The van der Waals surface area contributed by atoms with Crippen LogP contribution in [0.2, 0.25) is 0 Å². The number of thioether (sulfide) groups is 1. The third kappa shape index (κ3) is 12.1. The topological polar surface area (TPSA) is 180 Å². The quantitative estimate of drug-likeness (QED) is 0.0541. The minimum absolute atomic E-state index is 0. The summed E-state index contributed by atoms with van der Waals surface area (Å²) in [7, 11) is 0. The number of piperazine rings is 1. The molecule has 5 atom stereocenters. The van der Waals surface area contributed by atoms with Gasteiger partial charge in [-0.3, -0.25) is 6.29 Å². The van der Waals surface area contributed by atoms with E-state index in [0.29, 0.717) is 42.6 Å². The van der Waals surface area contributed by atoms with Crippen molar-refractivity contribution in [1.82, 2.24) is 24.1 Å². The summed E-state index contributed by atoms with van der Waals surface area (Å²) in [6, 6.07) is 18.8. The van der Waals surface area contributed by atoms with E-state index in [-0.39, 0.29) is 89.6 Å². The van der Waals surface area contributed by atoms with Crippen LogP contribution in [0.25, 0.3) is 5.69 Å². The monoisotopic (exact) mass is 921 g/mol. The van der Waals surface area contributed by atoms with E-state index in [1.807, 2.05) is 55.5 Å². The number of aromatic nitrogens is 6. The molecule has 3 aromatic carbocycles. The Hall–Kier alpha value is -4.34. The van der Waals surface area contributed by atoms with E-state index in [1.165, 1.54) is 34.0 Å². The van der Waals surface area contributed by atoms with E-state index in [9.17, 15) is 23.9 Å². The standard InChI is InChI=1S/C42H48F2N8O7S.ClH.Na.H2O/c1-4-39(29(2)54)52-40(55)51(27-46-52)35-8-6-33(7-9-35)47-15-17-48(18-16-47)34-10-12-36(13-11-34)57-23-31-22-42(58-24-31,37-14-5-32(43)21-38(37)44)25-50-28-49(26-45-50)30(3)59-41(56)60-20-19-53;;;/h5-14,21,26-31,39,54H,4,15-18,20,22-25H2,1-3H3;1H;;1H2/q;;+1;/p-2/t29-,30?,31+,39-,42-;;;/m0.../s1. The number of hydrogen-bond acceptors (Lipinski definition) is 13. The summed E-state index contributed by atoms with van der Waals surface area (Å²) >= 11 is 0.697. The second-order valence-electron chi connectivity index (χ2n) is 15.0. The van der Waals surface area contributed by atoms with Crippen molar-refractivity contribution in [2.45, 2.75) is 64.1 Å². The first-order valence-electron chi connectivity index (χ1n) is 19.9. The van der Waals surface area contributed by atoms with E-state index in [1.54, 1.807) is 35.7 Å². The van der Waals surface area contributed by atoms with Gasteiger partial charge in [0.05, 0.1) is 31.0 Å². The van der Waals surface area contributed by atoms with Crippen LogP contribution >= 0.6 is 11.8 Å². The number of carbonyl (C=O) groups excluding carboxylic acids is 2. The largest absolute Gasteiger partial charge is 1.00 e. The third-order valence-corrected chi connectivity index (χ3v) is 11.6. The molecule has 0 spiro atoms. The van der Waals surface area contributed by atoms with Gasteiger partial charge in [-0.1, -0.05) is 30.5 Å². The first-order valence-corrected chi connectivity index (χ1v) is 20.8. The summed E-state index contributed by atoms with van der Waals surface area (Å²) in [4.78, 5) is 40.1. The number of halogens is 3. The van der Waals surface area contributed by atoms with Gasteiger partial charge in [0.15, 0.2) is 0 Å². The number of aliphatic hydroxyl groups is 1. The van der Waals surface area contributed by atoms with Crippen LogP contribution in [-0.4, -0.2) is 97.5 Å². The Kier molecular flexibility index (Phi) is 18.7. The number of anilines is 2. The molecule has 2 saturated heterocycles. The molecule has 2 N–H and O–H groups in total. The number of benzene rings is 3. The summed E-state index contributed by atoms with van der Waals surface area (Å²) in [6.07, 6.45) is 5.74. The fourth-order valence-electron chi connectivity index (χ4n) is 7.86. The van der Waals surface area contributed by atoms with Crippen LogP contribution in [0, 0.1) is 17.6 Å². The van der Waals surface area contributed by atoms with Gasteiger partial charge < -0.3 is 51.8 Å². The molecule has 0 radical (unpaired) electrons. The van der Waals surface area contributed by atoms with Crippen LogP contribution in [0.1, 0.15) is 51.4 Å². The Balaban J connectivity index is 0.00000290. The zero-order chi connectivity index (χ0) is 42.4. The molecule has 1 unspecified atom stereocenters. The van der Waals surface area contributed by atoms with E-state index in [4.69, 9.17) is 14.2 Å². The smallest absolute Gasteiger partial charge is 1.00 e. The Bertz CT molecular complexity index is 2310. The summed E-state index contributed by atoms with van der Waals surface area (Å²) in [6.45, 7) is 9.15. The molecule has 21 heteroatoms. The second-order valence-corrected chi connectivity index (χ2v) is 15.9. The predicted molar refractivity (Wildman–Crippen MR) is 221 cm³/mol. The van der Waals surface area contributed by atoms with Crippen LogP contribution in [-0.2, 0) is 26.4 Å². The first-order chi connectivity index (χ1) is 29.0. The zero-order valence-corrected chi connectivity index (χ0v) is 39.0. The molecule has 2 aromatic heterocycles. The fourth-order valence-corrected chi connectivity index (χ4v) is 8.24. The Morgan fingerprint density at radius 2 is 1.65 bits per heavy atom. The molecule has 5 aromatic rings. The van der Waals surface area contributed by atoms with Gasteiger partial charge in [0.1, 0.15) is 35.9 Å². The molecule has 4 heterocycles. The molecule has 0 saturated carbocycles. The van der Waals surface area contributed by atoms with E-state index in [0.717, 1.165) is 43.6 Å². The average Bonchev–Trinajstić information content (AvgIpc) is 3.99. The van der Waals surface area contributed by atoms with E-state index >= 15 is 4.39 Å². The van der Waals surface area contributed by atoms with Crippen molar-refractivity contribution in [3.63, 3.8) is 0 Å². The maximum absolute atomic E-state index is 15.3. The van der Waals surface area contributed by atoms with Crippen molar-refractivity contribution in [2.75, 3.05) is 54.9 Å². The molecule has 2 fully saturated rings. The van der Waals surface area contributed by atoms with Gasteiger partial charge in [-0.25, -0.2) is 27.6 Å². The Morgan fingerprint density at radius 1 is 1.02 bits per heavy atom. The normalized spacial score (nSPS) is 18.6. The number of aliphatic hydroxyl groups excluding tert-OH is 1. The van der Waals surface area contributed by atoms with Crippen LogP contribution in [0.15, 0.2) is 90.5 Å². The van der Waals surface area contributed by atoms with Crippen LogP contribution in [0.4, 0.5) is 25.0 Å². The van der Waals surface area contributed by atoms with Gasteiger partial charge in [0.25, 0.3) is 6.33 Å². The maximum Gasteiger partial charge on any atom is 1.00 e. The number of rotatable bonds is 16. The molecule has 7 rings (SSSR count). The van der Waals surface area contributed by atoms with Crippen LogP contribution in [0.3, 0.4) is 0 Å². The van der Waals surface area contributed by atoms with E-state index in [2.05, 4.69) is 20.0 Å². The van der Waals surface area contributed by atoms with Crippen LogP contribution in [0.5, 0.6) is 5.75 Å². The van der Waals surface area contributed by atoms with Gasteiger partial charge in [-0.05, 0) is 74.4 Å². The van der Waals surface area contributed by atoms with Gasteiger partial charge in [0.2, 0.25) is 12.6 Å². The fraction of sp³-hybridized carbons (Fsp3) is 0.429. The van der Waals surface area contributed by atoms with Crippen molar-refractivity contribution >= 4 is 34.7 Å². The van der Waals surface area contributed by atoms with Gasteiger partial charge >= 0.3 is 40.5 Å². The van der Waals surface area contributed by atoms with Crippen molar-refractivity contribution in [3.8, 4) is 11.4 Å². The summed E-state index contributed by atoms with van der Waals surface area (Å²) in [5.74, 6) is -0.994. The number of hydrogen-bond donors (Lipinski definition) is 1. The molecular weight excluding hydrogens is 873 g/mol. The number of carbonyl (C=O) groups is 1. The minimum atomic E-state index is -1.18. The van der Waals surface area contributed by atoms with Gasteiger partial charge in [-0.15, -0.1) is 4.68 Å². The molecule has 2 aliphatic rings. The van der Waals surface area contributed by atoms with Gasteiger partial charge in [0, 0.05) is 67.1 Å². The number of nitrogens with zero attached hydrogens (tertiary/aromatic N) is 8. The second kappa shape index (κ2) is 23.0. The van der Waals surface area contributed by atoms with Gasteiger partial charge in [-0.2, -0.15) is 9.67 Å². The average molecular weight is 922 g/mol.